The van der Waals surface area contributed by atoms with Gasteiger partial charge in [0.05, 0.1) is 37.2 Å². The fraction of sp³-hybridized carbons (Fsp3) is 0.545. The molecule has 0 bridgehead atoms. The second-order valence-electron chi connectivity index (χ2n) is 4.06. The van der Waals surface area contributed by atoms with Gasteiger partial charge in [0.1, 0.15) is 0 Å². The van der Waals surface area contributed by atoms with E-state index in [1.807, 2.05) is 12.1 Å². The highest BCUT2D eigenvalue weighted by Crippen LogP contribution is 2.13. The van der Waals surface area contributed by atoms with Crippen LogP contribution >= 0.6 is 0 Å². The van der Waals surface area contributed by atoms with Gasteiger partial charge in [0.2, 0.25) is 0 Å². The van der Waals surface area contributed by atoms with Crippen LogP contribution in [0.2, 0.25) is 0 Å². The quantitative estimate of drug-likeness (QED) is 0.487. The van der Waals surface area contributed by atoms with Crippen molar-refractivity contribution in [2.45, 2.75) is 12.6 Å². The first-order valence-corrected chi connectivity index (χ1v) is 5.67. The maximum atomic E-state index is 9.27. The van der Waals surface area contributed by atoms with Crippen LogP contribution in [-0.4, -0.2) is 47.4 Å². The number of morpholine rings is 1. The molecule has 0 aromatic carbocycles. The third-order valence-corrected chi connectivity index (χ3v) is 2.91. The zero-order valence-corrected chi connectivity index (χ0v) is 9.67. The highest BCUT2D eigenvalue weighted by molar-refractivity contribution is 5.41. The highest BCUT2D eigenvalue weighted by Gasteiger charge is 2.22. The number of hydrogen-bond donors (Lipinski definition) is 3. The van der Waals surface area contributed by atoms with Gasteiger partial charge in [-0.3, -0.25) is 15.7 Å². The molecule has 0 aliphatic carbocycles. The van der Waals surface area contributed by atoms with Crippen molar-refractivity contribution in [1.29, 1.82) is 0 Å². The molecule has 1 aromatic rings. The number of aromatic nitrogens is 1. The van der Waals surface area contributed by atoms with Crippen LogP contribution in [0.25, 0.3) is 0 Å². The largest absolute Gasteiger partial charge is 0.395 e. The first kappa shape index (κ1) is 12.3. The van der Waals surface area contributed by atoms with Crippen LogP contribution in [0.3, 0.4) is 0 Å². The molecule has 1 saturated heterocycles. The van der Waals surface area contributed by atoms with Gasteiger partial charge in [0, 0.05) is 19.3 Å². The Bertz CT molecular complexity index is 361. The van der Waals surface area contributed by atoms with Crippen LogP contribution in [0.15, 0.2) is 18.3 Å². The smallest absolute Gasteiger partial charge is 0.0645 e. The molecular formula is C11H18N4O2. The summed E-state index contributed by atoms with van der Waals surface area (Å²) in [5.41, 5.74) is 4.37. The van der Waals surface area contributed by atoms with E-state index in [-0.39, 0.29) is 12.6 Å². The molecule has 2 heterocycles. The third-order valence-electron chi connectivity index (χ3n) is 2.91. The first-order valence-electron chi connectivity index (χ1n) is 5.67. The lowest BCUT2D eigenvalue weighted by molar-refractivity contribution is -0.0317. The molecule has 0 saturated carbocycles. The van der Waals surface area contributed by atoms with Crippen molar-refractivity contribution in [1.82, 2.24) is 9.88 Å². The Hall–Kier alpha value is -1.21. The van der Waals surface area contributed by atoms with E-state index in [0.717, 1.165) is 17.9 Å². The molecule has 1 fully saturated rings. The molecule has 0 amide bonds. The minimum atomic E-state index is 0.0556. The number of pyridine rings is 1. The van der Waals surface area contributed by atoms with Gasteiger partial charge in [-0.25, -0.2) is 0 Å². The second kappa shape index (κ2) is 5.92. The van der Waals surface area contributed by atoms with Crippen LogP contribution in [0.4, 0.5) is 5.69 Å². The Morgan fingerprint density at radius 3 is 3.29 bits per heavy atom. The van der Waals surface area contributed by atoms with E-state index in [1.165, 1.54) is 0 Å². The topological polar surface area (TPSA) is 83.6 Å². The summed E-state index contributed by atoms with van der Waals surface area (Å²) < 4.78 is 5.33. The summed E-state index contributed by atoms with van der Waals surface area (Å²) in [6.45, 7) is 2.89. The Balaban J connectivity index is 2.02. The number of nitrogens with two attached hydrogens (primary N) is 1. The van der Waals surface area contributed by atoms with Crippen molar-refractivity contribution < 1.29 is 9.84 Å². The fourth-order valence-electron chi connectivity index (χ4n) is 1.93. The number of rotatable bonds is 4. The van der Waals surface area contributed by atoms with Crippen molar-refractivity contribution in [2.24, 2.45) is 5.84 Å². The predicted molar refractivity (Wildman–Crippen MR) is 64.1 cm³/mol. The number of ether oxygens (including phenoxy) is 1. The summed E-state index contributed by atoms with van der Waals surface area (Å²) in [6.07, 6.45) is 1.72. The molecule has 1 aromatic heterocycles. The number of aliphatic hydroxyl groups excluding tert-OH is 1. The van der Waals surface area contributed by atoms with E-state index in [4.69, 9.17) is 10.6 Å². The number of nitrogens with zero attached hydrogens (tertiary/aromatic N) is 2. The summed E-state index contributed by atoms with van der Waals surface area (Å²) in [4.78, 5) is 6.46. The van der Waals surface area contributed by atoms with E-state index in [2.05, 4.69) is 15.3 Å². The summed E-state index contributed by atoms with van der Waals surface area (Å²) in [7, 11) is 0. The Morgan fingerprint density at radius 1 is 1.65 bits per heavy atom. The van der Waals surface area contributed by atoms with E-state index in [9.17, 15) is 5.11 Å². The average Bonchev–Trinajstić information content (AvgIpc) is 2.39. The number of hydrazine groups is 1. The zero-order valence-electron chi connectivity index (χ0n) is 9.67. The summed E-state index contributed by atoms with van der Waals surface area (Å²) >= 11 is 0. The molecule has 6 nitrogen and oxygen atoms in total. The van der Waals surface area contributed by atoms with Gasteiger partial charge in [-0.1, -0.05) is 0 Å². The Kier molecular flexibility index (Phi) is 4.27. The molecular weight excluding hydrogens is 220 g/mol. The fourth-order valence-corrected chi connectivity index (χ4v) is 1.93. The second-order valence-corrected chi connectivity index (χ2v) is 4.06. The van der Waals surface area contributed by atoms with Gasteiger partial charge in [-0.05, 0) is 12.1 Å². The summed E-state index contributed by atoms with van der Waals surface area (Å²) in [5.74, 6) is 5.35. The molecule has 1 aliphatic rings. The van der Waals surface area contributed by atoms with Crippen LogP contribution < -0.4 is 11.3 Å². The van der Waals surface area contributed by atoms with Gasteiger partial charge in [-0.2, -0.15) is 0 Å². The average molecular weight is 238 g/mol. The van der Waals surface area contributed by atoms with E-state index in [0.29, 0.717) is 19.8 Å². The maximum Gasteiger partial charge on any atom is 0.0645 e. The minimum absolute atomic E-state index is 0.0556. The summed E-state index contributed by atoms with van der Waals surface area (Å²) in [5, 5.41) is 9.27. The molecule has 4 N–H and O–H groups in total. The van der Waals surface area contributed by atoms with Crippen LogP contribution in [0.1, 0.15) is 5.69 Å². The lowest BCUT2D eigenvalue weighted by Crippen LogP contribution is -2.46. The van der Waals surface area contributed by atoms with Crippen molar-refractivity contribution in [3.63, 3.8) is 0 Å². The van der Waals surface area contributed by atoms with E-state index in [1.54, 1.807) is 6.20 Å². The van der Waals surface area contributed by atoms with Gasteiger partial charge in [-0.15, -0.1) is 0 Å². The van der Waals surface area contributed by atoms with E-state index < -0.39 is 0 Å². The molecule has 6 heteroatoms. The molecule has 94 valence electrons. The molecule has 1 aliphatic heterocycles. The predicted octanol–water partition coefficient (Wildman–Crippen LogP) is -0.440. The molecule has 2 rings (SSSR count). The van der Waals surface area contributed by atoms with Crippen LogP contribution in [0.5, 0.6) is 0 Å². The van der Waals surface area contributed by atoms with Gasteiger partial charge >= 0.3 is 0 Å². The molecule has 1 unspecified atom stereocenters. The lowest BCUT2D eigenvalue weighted by atomic mass is 10.2. The van der Waals surface area contributed by atoms with Gasteiger partial charge in [0.15, 0.2) is 0 Å². The maximum absolute atomic E-state index is 9.27. The van der Waals surface area contributed by atoms with Crippen molar-refractivity contribution in [3.05, 3.63) is 24.0 Å². The Morgan fingerprint density at radius 2 is 2.53 bits per heavy atom. The first-order chi connectivity index (χ1) is 8.33. The number of nitrogen functional groups attached to an aromatic ring is 1. The molecule has 0 spiro atoms. The van der Waals surface area contributed by atoms with Gasteiger partial charge < -0.3 is 15.3 Å². The van der Waals surface area contributed by atoms with Crippen molar-refractivity contribution in [3.8, 4) is 0 Å². The lowest BCUT2D eigenvalue weighted by Gasteiger charge is -2.34. The third kappa shape index (κ3) is 3.13. The number of nitrogens with one attached hydrogen (secondary N) is 1. The van der Waals surface area contributed by atoms with Crippen LogP contribution in [-0.2, 0) is 11.3 Å². The monoisotopic (exact) mass is 238 g/mol. The number of anilines is 1. The van der Waals surface area contributed by atoms with E-state index >= 15 is 0 Å². The van der Waals surface area contributed by atoms with Crippen molar-refractivity contribution in [2.75, 3.05) is 31.8 Å². The number of hydrogen-bond acceptors (Lipinski definition) is 6. The number of aliphatic hydroxyl groups is 1. The minimum Gasteiger partial charge on any atom is -0.395 e. The zero-order chi connectivity index (χ0) is 12.1. The summed E-state index contributed by atoms with van der Waals surface area (Å²) in [6, 6.07) is 3.77. The highest BCUT2D eigenvalue weighted by atomic mass is 16.5. The van der Waals surface area contributed by atoms with Crippen molar-refractivity contribution >= 4 is 5.69 Å². The molecule has 0 radical (unpaired) electrons. The van der Waals surface area contributed by atoms with Crippen LogP contribution in [0, 0.1) is 0 Å². The van der Waals surface area contributed by atoms with Gasteiger partial charge in [0.25, 0.3) is 0 Å². The Labute approximate surface area is 100 Å². The molecule has 1 atom stereocenters. The SMILES string of the molecule is NNc1ccnc(CN2CCOCC2CO)c1. The normalized spacial score (nSPS) is 21.4. The molecule has 17 heavy (non-hydrogen) atoms. The standard InChI is InChI=1S/C11H18N4O2/c12-14-9-1-2-13-10(5-9)6-15-3-4-17-8-11(15)7-16/h1-2,5,11,16H,3-4,6-8,12H2,(H,13,14).